The molecular weight excluding hydrogens is 242 g/mol. The Morgan fingerprint density at radius 1 is 1.42 bits per heavy atom. The van der Waals surface area contributed by atoms with Gasteiger partial charge in [-0.2, -0.15) is 0 Å². The van der Waals surface area contributed by atoms with Crippen LogP contribution in [0.15, 0.2) is 0 Å². The lowest BCUT2D eigenvalue weighted by Crippen LogP contribution is -2.55. The number of likely N-dealkylation sites (N-methyl/N-ethyl adjacent to an activating group) is 1. The monoisotopic (exact) mass is 269 g/mol. The third-order valence-electron chi connectivity index (χ3n) is 4.71. The van der Waals surface area contributed by atoms with Crippen molar-refractivity contribution in [2.45, 2.75) is 31.7 Å². The molecule has 0 bridgehead atoms. The number of likely N-dealkylation sites (tertiary alicyclic amines) is 1. The van der Waals surface area contributed by atoms with Crippen molar-refractivity contribution < 1.29 is 9.53 Å². The first-order valence-corrected chi connectivity index (χ1v) is 7.33. The first kappa shape index (κ1) is 14.8. The van der Waals surface area contributed by atoms with Gasteiger partial charge in [0.2, 0.25) is 5.91 Å². The van der Waals surface area contributed by atoms with Crippen molar-refractivity contribution in [3.63, 3.8) is 0 Å². The predicted molar refractivity (Wildman–Crippen MR) is 74.8 cm³/mol. The molecule has 1 amide bonds. The molecule has 2 fully saturated rings. The summed E-state index contributed by atoms with van der Waals surface area (Å²) in [7, 11) is 4.18. The number of carbonyl (C=O) groups excluding carboxylic acids is 1. The van der Waals surface area contributed by atoms with Crippen LogP contribution in [0.1, 0.15) is 25.7 Å². The molecule has 5 nitrogen and oxygen atoms in total. The summed E-state index contributed by atoms with van der Waals surface area (Å²) < 4.78 is 5.39. The molecular formula is C14H27N3O2. The van der Waals surface area contributed by atoms with Crippen LogP contribution >= 0.6 is 0 Å². The Morgan fingerprint density at radius 2 is 2.11 bits per heavy atom. The Kier molecular flexibility index (Phi) is 4.81. The molecule has 2 rings (SSSR count). The van der Waals surface area contributed by atoms with E-state index in [0.29, 0.717) is 25.8 Å². The van der Waals surface area contributed by atoms with E-state index < -0.39 is 0 Å². The van der Waals surface area contributed by atoms with Crippen LogP contribution in [-0.4, -0.2) is 68.7 Å². The van der Waals surface area contributed by atoms with Gasteiger partial charge in [-0.3, -0.25) is 4.79 Å². The Morgan fingerprint density at radius 3 is 2.68 bits per heavy atom. The molecule has 2 aliphatic heterocycles. The minimum Gasteiger partial charge on any atom is -0.381 e. The fourth-order valence-corrected chi connectivity index (χ4v) is 3.16. The van der Waals surface area contributed by atoms with E-state index in [9.17, 15) is 4.79 Å². The van der Waals surface area contributed by atoms with Crippen LogP contribution in [0.4, 0.5) is 0 Å². The summed E-state index contributed by atoms with van der Waals surface area (Å²) in [6.07, 6.45) is 3.80. The second-order valence-electron chi connectivity index (χ2n) is 6.11. The number of rotatable bonds is 3. The highest BCUT2D eigenvalue weighted by Gasteiger charge is 2.42. The molecule has 1 atom stereocenters. The lowest BCUT2D eigenvalue weighted by Gasteiger charge is -2.43. The van der Waals surface area contributed by atoms with Crippen LogP contribution in [0.25, 0.3) is 0 Å². The zero-order chi connectivity index (χ0) is 13.9. The number of hydrogen-bond donors (Lipinski definition) is 1. The first-order valence-electron chi connectivity index (χ1n) is 7.33. The lowest BCUT2D eigenvalue weighted by atomic mass is 9.78. The summed E-state index contributed by atoms with van der Waals surface area (Å²) in [5, 5.41) is 0. The van der Waals surface area contributed by atoms with E-state index in [0.717, 1.165) is 32.4 Å². The second-order valence-corrected chi connectivity index (χ2v) is 6.11. The van der Waals surface area contributed by atoms with E-state index in [1.54, 1.807) is 0 Å². The first-order chi connectivity index (χ1) is 9.09. The van der Waals surface area contributed by atoms with Crippen LogP contribution in [0.2, 0.25) is 0 Å². The number of nitrogens with two attached hydrogens (primary N) is 1. The fraction of sp³-hybridized carbons (Fsp3) is 0.929. The van der Waals surface area contributed by atoms with Crippen LogP contribution in [-0.2, 0) is 9.53 Å². The van der Waals surface area contributed by atoms with Crippen molar-refractivity contribution in [1.29, 1.82) is 0 Å². The van der Waals surface area contributed by atoms with E-state index in [1.165, 1.54) is 6.42 Å². The van der Waals surface area contributed by atoms with Crippen molar-refractivity contribution in [2.75, 3.05) is 46.9 Å². The SMILES string of the molecule is CN(C)C1CCCN(C(=O)C2(CN)CCOCC2)C1. The molecule has 2 aliphatic rings. The van der Waals surface area contributed by atoms with Crippen LogP contribution in [0.5, 0.6) is 0 Å². The smallest absolute Gasteiger partial charge is 0.230 e. The van der Waals surface area contributed by atoms with Gasteiger partial charge in [-0.1, -0.05) is 0 Å². The Bertz CT molecular complexity index is 314. The van der Waals surface area contributed by atoms with Gasteiger partial charge in [0.15, 0.2) is 0 Å². The van der Waals surface area contributed by atoms with Crippen molar-refractivity contribution in [3.05, 3.63) is 0 Å². The number of amides is 1. The molecule has 5 heteroatoms. The van der Waals surface area contributed by atoms with Crippen LogP contribution in [0, 0.1) is 5.41 Å². The molecule has 110 valence electrons. The predicted octanol–water partition coefficient (Wildman–Crippen LogP) is 0.295. The molecule has 2 saturated heterocycles. The molecule has 0 aromatic carbocycles. The molecule has 19 heavy (non-hydrogen) atoms. The largest absolute Gasteiger partial charge is 0.381 e. The summed E-state index contributed by atoms with van der Waals surface area (Å²) in [6, 6.07) is 0.479. The highest BCUT2D eigenvalue weighted by molar-refractivity contribution is 5.83. The van der Waals surface area contributed by atoms with Gasteiger partial charge in [0.05, 0.1) is 5.41 Å². The Hall–Kier alpha value is -0.650. The highest BCUT2D eigenvalue weighted by atomic mass is 16.5. The lowest BCUT2D eigenvalue weighted by molar-refractivity contribution is -0.149. The van der Waals surface area contributed by atoms with Crippen molar-refractivity contribution >= 4 is 5.91 Å². The normalized spacial score (nSPS) is 27.6. The van der Waals surface area contributed by atoms with Crippen LogP contribution in [0.3, 0.4) is 0 Å². The number of carbonyl (C=O) groups is 1. The van der Waals surface area contributed by atoms with Gasteiger partial charge in [-0.25, -0.2) is 0 Å². The fourth-order valence-electron chi connectivity index (χ4n) is 3.16. The van der Waals surface area contributed by atoms with E-state index in [4.69, 9.17) is 10.5 Å². The maximum Gasteiger partial charge on any atom is 0.230 e. The summed E-state index contributed by atoms with van der Waals surface area (Å²) in [5.41, 5.74) is 5.56. The third-order valence-corrected chi connectivity index (χ3v) is 4.71. The molecule has 0 aliphatic carbocycles. The third kappa shape index (κ3) is 3.09. The maximum atomic E-state index is 12.8. The Balaban J connectivity index is 2.04. The van der Waals surface area contributed by atoms with E-state index >= 15 is 0 Å². The van der Waals surface area contributed by atoms with Gasteiger partial charge in [0.1, 0.15) is 0 Å². The quantitative estimate of drug-likeness (QED) is 0.800. The summed E-state index contributed by atoms with van der Waals surface area (Å²) in [4.78, 5) is 17.1. The molecule has 0 radical (unpaired) electrons. The van der Waals surface area contributed by atoms with Crippen LogP contribution < -0.4 is 5.73 Å². The molecule has 2 N–H and O–H groups in total. The molecule has 1 unspecified atom stereocenters. The minimum absolute atomic E-state index is 0.254. The average molecular weight is 269 g/mol. The number of piperidine rings is 1. The van der Waals surface area contributed by atoms with Crippen molar-refractivity contribution in [2.24, 2.45) is 11.1 Å². The highest BCUT2D eigenvalue weighted by Crippen LogP contribution is 2.32. The second kappa shape index (κ2) is 6.20. The summed E-state index contributed by atoms with van der Waals surface area (Å²) in [6.45, 7) is 3.49. The summed E-state index contributed by atoms with van der Waals surface area (Å²) >= 11 is 0. The molecule has 0 aromatic heterocycles. The zero-order valence-electron chi connectivity index (χ0n) is 12.2. The van der Waals surface area contributed by atoms with Gasteiger partial charge in [-0.15, -0.1) is 0 Å². The number of ether oxygens (including phenoxy) is 1. The maximum absolute atomic E-state index is 12.8. The van der Waals surface area contributed by atoms with Gasteiger partial charge < -0.3 is 20.3 Å². The number of nitrogens with zero attached hydrogens (tertiary/aromatic N) is 2. The minimum atomic E-state index is -0.369. The standard InChI is InChI=1S/C14H27N3O2/c1-16(2)12-4-3-7-17(10-12)13(18)14(11-15)5-8-19-9-6-14/h12H,3-11,15H2,1-2H3. The van der Waals surface area contributed by atoms with E-state index in [2.05, 4.69) is 19.0 Å². The topological polar surface area (TPSA) is 58.8 Å². The van der Waals surface area contributed by atoms with E-state index in [-0.39, 0.29) is 11.3 Å². The average Bonchev–Trinajstić information content (AvgIpc) is 2.47. The van der Waals surface area contributed by atoms with Crippen molar-refractivity contribution in [1.82, 2.24) is 9.80 Å². The molecule has 2 heterocycles. The molecule has 0 spiro atoms. The zero-order valence-corrected chi connectivity index (χ0v) is 12.2. The van der Waals surface area contributed by atoms with Gasteiger partial charge in [0.25, 0.3) is 0 Å². The summed E-state index contributed by atoms with van der Waals surface area (Å²) in [5.74, 6) is 0.254. The van der Waals surface area contributed by atoms with E-state index in [1.807, 2.05) is 4.90 Å². The van der Waals surface area contributed by atoms with Gasteiger partial charge >= 0.3 is 0 Å². The molecule has 0 aromatic rings. The molecule has 0 saturated carbocycles. The van der Waals surface area contributed by atoms with Gasteiger partial charge in [-0.05, 0) is 39.8 Å². The number of hydrogen-bond acceptors (Lipinski definition) is 4. The van der Waals surface area contributed by atoms with Gasteiger partial charge in [0, 0.05) is 38.9 Å². The van der Waals surface area contributed by atoms with Crippen molar-refractivity contribution in [3.8, 4) is 0 Å². The Labute approximate surface area is 116 Å².